The third kappa shape index (κ3) is 4.19. The van der Waals surface area contributed by atoms with Crippen molar-refractivity contribution in [1.29, 1.82) is 0 Å². The second-order valence-electron chi connectivity index (χ2n) is 6.96. The molecule has 0 radical (unpaired) electrons. The van der Waals surface area contributed by atoms with Crippen molar-refractivity contribution < 1.29 is 9.85 Å². The molecule has 0 atom stereocenters. The van der Waals surface area contributed by atoms with Gasteiger partial charge in [0.1, 0.15) is 8.95 Å². The van der Waals surface area contributed by atoms with E-state index < -0.39 is 9.85 Å². The minimum absolute atomic E-state index is 0.124. The van der Waals surface area contributed by atoms with E-state index in [4.69, 9.17) is 0 Å². The number of nitrogens with zero attached hydrogens (tertiary/aromatic N) is 2. The summed E-state index contributed by atoms with van der Waals surface area (Å²) in [6.45, 7) is 0. The van der Waals surface area contributed by atoms with Gasteiger partial charge in [0.05, 0.1) is 9.85 Å². The van der Waals surface area contributed by atoms with Crippen LogP contribution < -0.4 is 0 Å². The molecule has 0 amide bonds. The zero-order valence-electron chi connectivity index (χ0n) is 16.4. The summed E-state index contributed by atoms with van der Waals surface area (Å²) in [6, 6.07) is 25.1. The van der Waals surface area contributed by atoms with Crippen molar-refractivity contribution >= 4 is 43.2 Å². The van der Waals surface area contributed by atoms with E-state index in [1.807, 2.05) is 60.7 Å². The van der Waals surface area contributed by atoms with Gasteiger partial charge in [0.25, 0.3) is 11.4 Å². The Hall–Kier alpha value is -3.36. The minimum Gasteiger partial charge on any atom is -0.258 e. The molecule has 4 aromatic carbocycles. The van der Waals surface area contributed by atoms with Gasteiger partial charge in [-0.3, -0.25) is 20.2 Å². The molecule has 0 aromatic heterocycles. The fourth-order valence-corrected chi connectivity index (χ4v) is 4.65. The molecular weight excluding hydrogens is 540 g/mol. The smallest absolute Gasteiger partial charge is 0.258 e. The molecule has 4 rings (SSSR count). The largest absolute Gasteiger partial charge is 0.284 e. The van der Waals surface area contributed by atoms with Crippen LogP contribution in [0.2, 0.25) is 0 Å². The molecule has 0 N–H and O–H groups in total. The summed E-state index contributed by atoms with van der Waals surface area (Å²) in [6.07, 6.45) is 0. The summed E-state index contributed by atoms with van der Waals surface area (Å²) in [7, 11) is 0. The molecule has 0 aliphatic heterocycles. The first-order chi connectivity index (χ1) is 15.4. The van der Waals surface area contributed by atoms with Crippen molar-refractivity contribution in [1.82, 2.24) is 0 Å². The highest BCUT2D eigenvalue weighted by Gasteiger charge is 2.25. The first kappa shape index (κ1) is 21.9. The SMILES string of the molecule is O=[N+]([O-])c1cc(-c2ccccc2)cc(-c2cc(-c3ccccc3)cc([N+](=O)[O-])c2Br)c1Br. The quantitative estimate of drug-likeness (QED) is 0.185. The predicted octanol–water partition coefficient (Wildman–Crippen LogP) is 8.03. The fourth-order valence-electron chi connectivity index (χ4n) is 3.47. The Labute approximate surface area is 200 Å². The zero-order chi connectivity index (χ0) is 22.8. The van der Waals surface area contributed by atoms with Crippen LogP contribution in [-0.4, -0.2) is 9.85 Å². The van der Waals surface area contributed by atoms with Crippen molar-refractivity contribution in [2.75, 3.05) is 0 Å². The molecule has 6 nitrogen and oxygen atoms in total. The second-order valence-corrected chi connectivity index (χ2v) is 8.55. The maximum atomic E-state index is 11.8. The Kier molecular flexibility index (Phi) is 6.16. The Bertz CT molecular complexity index is 1240. The van der Waals surface area contributed by atoms with Gasteiger partial charge in [0, 0.05) is 23.3 Å². The Morgan fingerprint density at radius 1 is 0.531 bits per heavy atom. The van der Waals surface area contributed by atoms with Crippen molar-refractivity contribution in [2.24, 2.45) is 0 Å². The predicted molar refractivity (Wildman–Crippen MR) is 131 cm³/mol. The monoisotopic (exact) mass is 552 g/mol. The van der Waals surface area contributed by atoms with Gasteiger partial charge in [0.15, 0.2) is 0 Å². The molecule has 0 unspecified atom stereocenters. The summed E-state index contributed by atoms with van der Waals surface area (Å²) in [5.74, 6) is 0. The summed E-state index contributed by atoms with van der Waals surface area (Å²) in [5.41, 5.74) is 3.58. The van der Waals surface area contributed by atoms with Crippen LogP contribution in [-0.2, 0) is 0 Å². The van der Waals surface area contributed by atoms with E-state index in [2.05, 4.69) is 31.9 Å². The van der Waals surface area contributed by atoms with Gasteiger partial charge >= 0.3 is 0 Å². The second kappa shape index (κ2) is 9.02. The standard InChI is InChI=1S/C24H14Br2N2O4/c25-23-19(11-17(13-21(23)27(29)30)15-7-3-1-4-8-15)20-12-18(16-9-5-2-6-10-16)14-22(24(20)26)28(31)32/h1-14H. The molecule has 0 aliphatic rings. The van der Waals surface area contributed by atoms with Crippen LogP contribution in [0.25, 0.3) is 33.4 Å². The van der Waals surface area contributed by atoms with Gasteiger partial charge in [-0.05, 0) is 66.2 Å². The molecule has 0 aliphatic carbocycles. The summed E-state index contributed by atoms with van der Waals surface area (Å²) >= 11 is 6.74. The molecule has 0 saturated carbocycles. The van der Waals surface area contributed by atoms with Crippen molar-refractivity contribution in [2.45, 2.75) is 0 Å². The third-order valence-corrected chi connectivity index (χ3v) is 6.67. The molecule has 0 saturated heterocycles. The molecule has 0 heterocycles. The number of benzene rings is 4. The minimum atomic E-state index is -0.469. The Morgan fingerprint density at radius 3 is 1.19 bits per heavy atom. The van der Waals surface area contributed by atoms with Gasteiger partial charge in [-0.15, -0.1) is 0 Å². The molecule has 158 valence electrons. The highest BCUT2D eigenvalue weighted by molar-refractivity contribution is 9.11. The molecule has 0 spiro atoms. The molecule has 8 heteroatoms. The highest BCUT2D eigenvalue weighted by Crippen LogP contribution is 2.46. The first-order valence-corrected chi connectivity index (χ1v) is 11.0. The Balaban J connectivity index is 2.04. The fraction of sp³-hybridized carbons (Fsp3) is 0. The van der Waals surface area contributed by atoms with Crippen LogP contribution in [0.1, 0.15) is 0 Å². The first-order valence-electron chi connectivity index (χ1n) is 9.44. The zero-order valence-corrected chi connectivity index (χ0v) is 19.5. The maximum absolute atomic E-state index is 11.8. The lowest BCUT2D eigenvalue weighted by Gasteiger charge is -2.13. The van der Waals surface area contributed by atoms with Gasteiger partial charge in [-0.25, -0.2) is 0 Å². The topological polar surface area (TPSA) is 86.3 Å². The van der Waals surface area contributed by atoms with Crippen LogP contribution in [0.4, 0.5) is 11.4 Å². The number of hydrogen-bond acceptors (Lipinski definition) is 4. The van der Waals surface area contributed by atoms with Crippen LogP contribution in [0.15, 0.2) is 93.9 Å². The Morgan fingerprint density at radius 2 is 0.875 bits per heavy atom. The van der Waals surface area contributed by atoms with Crippen molar-refractivity contribution in [3.8, 4) is 33.4 Å². The number of nitro groups is 2. The van der Waals surface area contributed by atoms with Gasteiger partial charge in [-0.1, -0.05) is 60.7 Å². The van der Waals surface area contributed by atoms with E-state index in [1.54, 1.807) is 12.1 Å². The van der Waals surface area contributed by atoms with E-state index in [-0.39, 0.29) is 20.3 Å². The number of rotatable bonds is 5. The summed E-state index contributed by atoms with van der Waals surface area (Å²) in [4.78, 5) is 22.6. The molecule has 32 heavy (non-hydrogen) atoms. The summed E-state index contributed by atoms with van der Waals surface area (Å²) < 4.78 is 0.504. The van der Waals surface area contributed by atoms with E-state index in [9.17, 15) is 20.2 Å². The molecule has 0 fully saturated rings. The number of nitro benzene ring substituents is 2. The average Bonchev–Trinajstić information content (AvgIpc) is 2.80. The molecule has 0 bridgehead atoms. The van der Waals surface area contributed by atoms with Gasteiger partial charge in [-0.2, -0.15) is 0 Å². The lowest BCUT2D eigenvalue weighted by atomic mass is 9.95. The van der Waals surface area contributed by atoms with Crippen molar-refractivity contribution in [3.05, 3.63) is 114 Å². The average molecular weight is 554 g/mol. The molecular formula is C24H14Br2N2O4. The highest BCUT2D eigenvalue weighted by atomic mass is 79.9. The maximum Gasteiger partial charge on any atom is 0.284 e. The lowest BCUT2D eigenvalue weighted by molar-refractivity contribution is -0.385. The summed E-state index contributed by atoms with van der Waals surface area (Å²) in [5, 5.41) is 23.6. The van der Waals surface area contributed by atoms with Crippen LogP contribution in [0.3, 0.4) is 0 Å². The number of hydrogen-bond donors (Lipinski definition) is 0. The van der Waals surface area contributed by atoms with Gasteiger partial charge < -0.3 is 0 Å². The van der Waals surface area contributed by atoms with E-state index in [1.165, 1.54) is 12.1 Å². The normalized spacial score (nSPS) is 10.7. The van der Waals surface area contributed by atoms with E-state index >= 15 is 0 Å². The lowest BCUT2D eigenvalue weighted by Crippen LogP contribution is -1.97. The van der Waals surface area contributed by atoms with Crippen LogP contribution in [0, 0.1) is 20.2 Å². The van der Waals surface area contributed by atoms with Crippen LogP contribution in [0.5, 0.6) is 0 Å². The van der Waals surface area contributed by atoms with Crippen molar-refractivity contribution in [3.63, 3.8) is 0 Å². The third-order valence-electron chi connectivity index (χ3n) is 5.00. The van der Waals surface area contributed by atoms with E-state index in [0.29, 0.717) is 22.3 Å². The van der Waals surface area contributed by atoms with Crippen LogP contribution >= 0.6 is 31.9 Å². The van der Waals surface area contributed by atoms with Gasteiger partial charge in [0.2, 0.25) is 0 Å². The number of halogens is 2. The van der Waals surface area contributed by atoms with E-state index in [0.717, 1.165) is 11.1 Å². The molecule has 4 aromatic rings.